The van der Waals surface area contributed by atoms with Crippen molar-refractivity contribution in [3.05, 3.63) is 0 Å². The van der Waals surface area contributed by atoms with Gasteiger partial charge in [-0.25, -0.2) is 4.90 Å². The lowest BCUT2D eigenvalue weighted by Crippen LogP contribution is -3.10. The van der Waals surface area contributed by atoms with Gasteiger partial charge >= 0.3 is 5.84 Å². The van der Waals surface area contributed by atoms with E-state index in [1.807, 2.05) is 0 Å². The van der Waals surface area contributed by atoms with Crippen molar-refractivity contribution in [1.82, 2.24) is 0 Å². The van der Waals surface area contributed by atoms with E-state index in [9.17, 15) is 0 Å². The van der Waals surface area contributed by atoms with Gasteiger partial charge in [0, 0.05) is 0 Å². The van der Waals surface area contributed by atoms with E-state index in [1.54, 1.807) is 10.7 Å². The Bertz CT molecular complexity index is 322. The van der Waals surface area contributed by atoms with Crippen LogP contribution in [0.25, 0.3) is 0 Å². The maximum Gasteiger partial charge on any atom is 0.336 e. The van der Waals surface area contributed by atoms with Gasteiger partial charge in [-0.05, 0) is 6.42 Å². The minimum absolute atomic E-state index is 1.25. The van der Waals surface area contributed by atoms with Gasteiger partial charge in [0.2, 0.25) is 0 Å². The lowest BCUT2D eigenvalue weighted by atomic mass is 10.0. The second-order valence-electron chi connectivity index (χ2n) is 8.10. The van der Waals surface area contributed by atoms with Gasteiger partial charge in [0.05, 0.1) is 13.5 Å². The van der Waals surface area contributed by atoms with Gasteiger partial charge in [0.1, 0.15) is 13.6 Å². The molecule has 0 fully saturated rings. The number of hydrogen-bond donors (Lipinski definition) is 1. The summed E-state index contributed by atoms with van der Waals surface area (Å²) in [7, 11) is 4.58. The molecule has 1 heterocycles. The van der Waals surface area contributed by atoms with Crippen LogP contribution in [0.1, 0.15) is 110 Å². The van der Waals surface area contributed by atoms with Crippen molar-refractivity contribution in [2.45, 2.75) is 110 Å². The number of hydrogen-bond acceptors (Lipinski definition) is 0. The van der Waals surface area contributed by atoms with Crippen molar-refractivity contribution in [2.75, 3.05) is 27.2 Å². The molecule has 0 aliphatic carbocycles. The third kappa shape index (κ3) is 10.5. The number of nitrogens with one attached hydrogen (secondary N) is 1. The monoisotopic (exact) mass is 338 g/mol. The Balaban J connectivity index is 1.76. The first kappa shape index (κ1) is 21.7. The van der Waals surface area contributed by atoms with E-state index in [2.05, 4.69) is 25.6 Å². The molecule has 0 saturated carbocycles. The van der Waals surface area contributed by atoms with Crippen molar-refractivity contribution in [1.29, 1.82) is 0 Å². The van der Waals surface area contributed by atoms with Crippen LogP contribution in [0.5, 0.6) is 0 Å². The molecule has 1 N–H and O–H groups in total. The maximum atomic E-state index is 2.47. The van der Waals surface area contributed by atoms with Crippen LogP contribution in [0.3, 0.4) is 0 Å². The fourth-order valence-electron chi connectivity index (χ4n) is 4.01. The Morgan fingerprint density at radius 3 is 1.50 bits per heavy atom. The van der Waals surface area contributed by atoms with Gasteiger partial charge in [-0.3, -0.25) is 0 Å². The minimum atomic E-state index is 1.25. The molecule has 0 aromatic carbocycles. The van der Waals surface area contributed by atoms with Crippen molar-refractivity contribution in [3.63, 3.8) is 0 Å². The molecule has 1 atom stereocenters. The van der Waals surface area contributed by atoms with Crippen LogP contribution in [-0.2, 0) is 0 Å². The molecule has 1 aliphatic heterocycles. The lowest BCUT2D eigenvalue weighted by Gasteiger charge is -2.04. The molecule has 0 aromatic rings. The van der Waals surface area contributed by atoms with Crippen LogP contribution in [0.2, 0.25) is 0 Å². The number of amidine groups is 1. The SMILES string of the molecule is CCCCCCCCCCCCCCCCCC1=[N+](C)CC[NH+]1C. The molecule has 2 heteroatoms. The van der Waals surface area contributed by atoms with Gasteiger partial charge in [0.15, 0.2) is 6.54 Å². The Morgan fingerprint density at radius 2 is 1.12 bits per heavy atom. The first-order valence-electron chi connectivity index (χ1n) is 11.2. The molecule has 24 heavy (non-hydrogen) atoms. The van der Waals surface area contributed by atoms with E-state index in [0.717, 1.165) is 0 Å². The van der Waals surface area contributed by atoms with Crippen LogP contribution >= 0.6 is 0 Å². The molecule has 0 bridgehead atoms. The average molecular weight is 339 g/mol. The highest BCUT2D eigenvalue weighted by molar-refractivity contribution is 5.68. The molecule has 2 nitrogen and oxygen atoms in total. The van der Waals surface area contributed by atoms with Crippen molar-refractivity contribution < 1.29 is 9.48 Å². The third-order valence-corrected chi connectivity index (χ3v) is 5.79. The molecule has 0 saturated heterocycles. The Hall–Kier alpha value is -0.370. The molecular weight excluding hydrogens is 292 g/mol. The summed E-state index contributed by atoms with van der Waals surface area (Å²) in [6.07, 6.45) is 23.1. The molecule has 1 rings (SSSR count). The van der Waals surface area contributed by atoms with Crippen molar-refractivity contribution in [3.8, 4) is 0 Å². The minimum Gasteiger partial charge on any atom is -0.248 e. The summed E-state index contributed by atoms with van der Waals surface area (Å²) in [5.74, 6) is 1.64. The van der Waals surface area contributed by atoms with Gasteiger partial charge in [-0.15, -0.1) is 0 Å². The first-order chi connectivity index (χ1) is 11.8. The van der Waals surface area contributed by atoms with E-state index in [0.29, 0.717) is 0 Å². The normalized spacial score (nSPS) is 17.9. The standard InChI is InChI=1S/C22H45N2/c1-4-5-6-7-8-9-10-11-12-13-14-15-16-17-18-19-22-23(2)20-21-24(22)3/h4-21H2,1-3H3/q+1/p+1. The number of quaternary nitrogens is 1. The second kappa shape index (κ2) is 14.9. The molecule has 142 valence electrons. The second-order valence-corrected chi connectivity index (χ2v) is 8.10. The smallest absolute Gasteiger partial charge is 0.248 e. The number of rotatable bonds is 16. The number of unbranched alkanes of at least 4 members (excludes halogenated alkanes) is 14. The van der Waals surface area contributed by atoms with Crippen molar-refractivity contribution in [2.24, 2.45) is 0 Å². The molecule has 1 aliphatic rings. The summed E-state index contributed by atoms with van der Waals surface area (Å²) in [5.41, 5.74) is 0. The molecule has 0 spiro atoms. The Kier molecular flexibility index (Phi) is 13.5. The highest BCUT2D eigenvalue weighted by atomic mass is 15.3. The zero-order valence-electron chi connectivity index (χ0n) is 17.2. The zero-order chi connectivity index (χ0) is 17.5. The van der Waals surface area contributed by atoms with Crippen LogP contribution in [0.15, 0.2) is 0 Å². The fraction of sp³-hybridized carbons (Fsp3) is 0.955. The lowest BCUT2D eigenvalue weighted by molar-refractivity contribution is -0.779. The molecule has 1 unspecified atom stereocenters. The number of likely N-dealkylation sites (N-methyl/N-ethyl adjacent to an activating group) is 2. The van der Waals surface area contributed by atoms with Crippen molar-refractivity contribution >= 4 is 5.84 Å². The largest absolute Gasteiger partial charge is 0.336 e. The zero-order valence-corrected chi connectivity index (χ0v) is 17.2. The summed E-state index contributed by atoms with van der Waals surface area (Å²) in [6, 6.07) is 0. The third-order valence-electron chi connectivity index (χ3n) is 5.79. The van der Waals surface area contributed by atoms with Crippen LogP contribution in [0, 0.1) is 0 Å². The molecule has 0 radical (unpaired) electrons. The Labute approximate surface area is 152 Å². The van der Waals surface area contributed by atoms with Gasteiger partial charge in [-0.1, -0.05) is 96.8 Å². The maximum absolute atomic E-state index is 2.47. The van der Waals surface area contributed by atoms with Crippen LogP contribution in [0.4, 0.5) is 0 Å². The predicted molar refractivity (Wildman–Crippen MR) is 107 cm³/mol. The summed E-state index contributed by atoms with van der Waals surface area (Å²) in [6.45, 7) is 4.84. The van der Waals surface area contributed by atoms with E-state index >= 15 is 0 Å². The summed E-state index contributed by atoms with van der Waals surface area (Å²) >= 11 is 0. The Morgan fingerprint density at radius 1 is 0.708 bits per heavy atom. The number of nitrogens with zero attached hydrogens (tertiary/aromatic N) is 1. The first-order valence-corrected chi connectivity index (χ1v) is 11.2. The summed E-state index contributed by atoms with van der Waals surface area (Å²) in [5, 5.41) is 0. The summed E-state index contributed by atoms with van der Waals surface area (Å²) in [4.78, 5) is 1.64. The van der Waals surface area contributed by atoms with Crippen LogP contribution < -0.4 is 4.90 Å². The van der Waals surface area contributed by atoms with Crippen LogP contribution in [-0.4, -0.2) is 37.6 Å². The highest BCUT2D eigenvalue weighted by Crippen LogP contribution is 2.13. The van der Waals surface area contributed by atoms with E-state index in [4.69, 9.17) is 0 Å². The van der Waals surface area contributed by atoms with E-state index in [-0.39, 0.29) is 0 Å². The molecule has 0 aromatic heterocycles. The van der Waals surface area contributed by atoms with Gasteiger partial charge < -0.3 is 0 Å². The summed E-state index contributed by atoms with van der Waals surface area (Å²) < 4.78 is 2.47. The molecule has 0 amide bonds. The van der Waals surface area contributed by atoms with E-state index < -0.39 is 0 Å². The van der Waals surface area contributed by atoms with Gasteiger partial charge in [-0.2, -0.15) is 4.58 Å². The topological polar surface area (TPSA) is 7.45 Å². The molecular formula is C22H46N2+2. The average Bonchev–Trinajstić information content (AvgIpc) is 2.90. The quantitative estimate of drug-likeness (QED) is 0.305. The highest BCUT2D eigenvalue weighted by Gasteiger charge is 2.28. The fourth-order valence-corrected chi connectivity index (χ4v) is 4.01. The van der Waals surface area contributed by atoms with Gasteiger partial charge in [0.25, 0.3) is 0 Å². The predicted octanol–water partition coefficient (Wildman–Crippen LogP) is 4.82. The van der Waals surface area contributed by atoms with E-state index in [1.165, 1.54) is 116 Å².